The van der Waals surface area contributed by atoms with E-state index < -0.39 is 0 Å². The SMILES string of the molecule is CSCCNC(=O)c1n[nH]c2c1CCCCC2. The Hall–Kier alpha value is -0.970. The maximum Gasteiger partial charge on any atom is 0.272 e. The Morgan fingerprint density at radius 3 is 3.06 bits per heavy atom. The molecule has 1 aromatic rings. The van der Waals surface area contributed by atoms with Crippen molar-refractivity contribution in [1.29, 1.82) is 0 Å². The number of amides is 1. The molecule has 17 heavy (non-hydrogen) atoms. The maximum atomic E-state index is 12.0. The molecule has 1 heterocycles. The van der Waals surface area contributed by atoms with Crippen molar-refractivity contribution < 1.29 is 4.79 Å². The van der Waals surface area contributed by atoms with Crippen LogP contribution in [-0.4, -0.2) is 34.7 Å². The average molecular weight is 253 g/mol. The monoisotopic (exact) mass is 253 g/mol. The number of nitrogens with zero attached hydrogens (tertiary/aromatic N) is 1. The number of H-pyrrole nitrogens is 1. The second-order valence-electron chi connectivity index (χ2n) is 4.34. The van der Waals surface area contributed by atoms with E-state index in [4.69, 9.17) is 0 Å². The lowest BCUT2D eigenvalue weighted by molar-refractivity contribution is 0.0950. The third kappa shape index (κ3) is 3.03. The van der Waals surface area contributed by atoms with Crippen molar-refractivity contribution in [2.75, 3.05) is 18.6 Å². The summed E-state index contributed by atoms with van der Waals surface area (Å²) in [6, 6.07) is 0. The van der Waals surface area contributed by atoms with E-state index in [0.29, 0.717) is 12.2 Å². The van der Waals surface area contributed by atoms with Crippen molar-refractivity contribution >= 4 is 17.7 Å². The molecule has 94 valence electrons. The Labute approximate surface area is 106 Å². The molecule has 0 bridgehead atoms. The van der Waals surface area contributed by atoms with Gasteiger partial charge in [0.2, 0.25) is 0 Å². The van der Waals surface area contributed by atoms with Crippen molar-refractivity contribution in [1.82, 2.24) is 15.5 Å². The first-order valence-corrected chi connectivity index (χ1v) is 7.55. The highest BCUT2D eigenvalue weighted by molar-refractivity contribution is 7.98. The number of aromatic amines is 1. The molecule has 1 aromatic heterocycles. The van der Waals surface area contributed by atoms with Crippen LogP contribution in [0.2, 0.25) is 0 Å². The van der Waals surface area contributed by atoms with E-state index in [1.807, 2.05) is 6.26 Å². The second-order valence-corrected chi connectivity index (χ2v) is 5.32. The summed E-state index contributed by atoms with van der Waals surface area (Å²) in [5, 5.41) is 10.1. The number of fused-ring (bicyclic) bond motifs is 1. The lowest BCUT2D eigenvalue weighted by atomic mass is 10.1. The molecule has 0 saturated carbocycles. The smallest absolute Gasteiger partial charge is 0.272 e. The van der Waals surface area contributed by atoms with Crippen molar-refractivity contribution in [2.24, 2.45) is 0 Å². The Morgan fingerprint density at radius 1 is 1.41 bits per heavy atom. The van der Waals surface area contributed by atoms with Crippen LogP contribution in [0.25, 0.3) is 0 Å². The van der Waals surface area contributed by atoms with E-state index in [9.17, 15) is 4.79 Å². The van der Waals surface area contributed by atoms with Crippen molar-refractivity contribution in [3.63, 3.8) is 0 Å². The van der Waals surface area contributed by atoms with Crippen LogP contribution in [-0.2, 0) is 12.8 Å². The van der Waals surface area contributed by atoms with Crippen LogP contribution in [0.5, 0.6) is 0 Å². The molecule has 0 radical (unpaired) electrons. The largest absolute Gasteiger partial charge is 0.350 e. The van der Waals surface area contributed by atoms with Gasteiger partial charge in [0.25, 0.3) is 5.91 Å². The predicted molar refractivity (Wildman–Crippen MR) is 70.6 cm³/mol. The van der Waals surface area contributed by atoms with E-state index >= 15 is 0 Å². The summed E-state index contributed by atoms with van der Waals surface area (Å²) in [7, 11) is 0. The molecule has 0 aliphatic heterocycles. The van der Waals surface area contributed by atoms with Crippen molar-refractivity contribution in [3.8, 4) is 0 Å². The van der Waals surface area contributed by atoms with E-state index in [1.165, 1.54) is 12.8 Å². The minimum atomic E-state index is -0.0292. The fraction of sp³-hybridized carbons (Fsp3) is 0.667. The van der Waals surface area contributed by atoms with Gasteiger partial charge in [0.1, 0.15) is 0 Å². The highest BCUT2D eigenvalue weighted by Gasteiger charge is 2.20. The van der Waals surface area contributed by atoms with Crippen molar-refractivity contribution in [2.45, 2.75) is 32.1 Å². The van der Waals surface area contributed by atoms with Gasteiger partial charge in [0.05, 0.1) is 0 Å². The van der Waals surface area contributed by atoms with Crippen LogP contribution in [0, 0.1) is 0 Å². The number of hydrogen-bond donors (Lipinski definition) is 2. The number of rotatable bonds is 4. The summed E-state index contributed by atoms with van der Waals surface area (Å²) in [5.41, 5.74) is 2.92. The molecular weight excluding hydrogens is 234 g/mol. The van der Waals surface area contributed by atoms with E-state index in [1.54, 1.807) is 11.8 Å². The van der Waals surface area contributed by atoms with Gasteiger partial charge in [-0.15, -0.1) is 0 Å². The Balaban J connectivity index is 2.05. The Morgan fingerprint density at radius 2 is 2.24 bits per heavy atom. The molecule has 0 unspecified atom stereocenters. The van der Waals surface area contributed by atoms with Gasteiger partial charge < -0.3 is 5.32 Å². The topological polar surface area (TPSA) is 57.8 Å². The van der Waals surface area contributed by atoms with Crippen LogP contribution >= 0.6 is 11.8 Å². The van der Waals surface area contributed by atoms with E-state index in [0.717, 1.165) is 36.3 Å². The molecule has 1 aliphatic carbocycles. The summed E-state index contributed by atoms with van der Waals surface area (Å²) < 4.78 is 0. The highest BCUT2D eigenvalue weighted by Crippen LogP contribution is 2.21. The highest BCUT2D eigenvalue weighted by atomic mass is 32.2. The number of hydrogen-bond acceptors (Lipinski definition) is 3. The molecule has 1 amide bonds. The average Bonchev–Trinajstić information content (AvgIpc) is 2.59. The summed E-state index contributed by atoms with van der Waals surface area (Å²) in [4.78, 5) is 12.0. The van der Waals surface area contributed by atoms with Gasteiger partial charge in [-0.3, -0.25) is 9.89 Å². The van der Waals surface area contributed by atoms with Crippen LogP contribution in [0.15, 0.2) is 0 Å². The minimum Gasteiger partial charge on any atom is -0.350 e. The molecule has 2 rings (SSSR count). The van der Waals surface area contributed by atoms with Gasteiger partial charge in [-0.1, -0.05) is 6.42 Å². The molecule has 0 fully saturated rings. The van der Waals surface area contributed by atoms with Crippen LogP contribution < -0.4 is 5.32 Å². The second kappa shape index (κ2) is 6.10. The minimum absolute atomic E-state index is 0.0292. The number of carbonyl (C=O) groups is 1. The van der Waals surface area contributed by atoms with Gasteiger partial charge in [-0.2, -0.15) is 16.9 Å². The molecule has 2 N–H and O–H groups in total. The Bertz CT molecular complexity index is 389. The summed E-state index contributed by atoms with van der Waals surface area (Å²) in [5.74, 6) is 0.914. The lowest BCUT2D eigenvalue weighted by Gasteiger charge is -2.03. The first-order valence-electron chi connectivity index (χ1n) is 6.16. The molecular formula is C12H19N3OS. The van der Waals surface area contributed by atoms with Gasteiger partial charge >= 0.3 is 0 Å². The zero-order chi connectivity index (χ0) is 12.1. The first-order chi connectivity index (χ1) is 8.33. The fourth-order valence-corrected chi connectivity index (χ4v) is 2.50. The summed E-state index contributed by atoms with van der Waals surface area (Å²) in [6.45, 7) is 0.710. The van der Waals surface area contributed by atoms with Crippen molar-refractivity contribution in [3.05, 3.63) is 17.0 Å². The maximum absolute atomic E-state index is 12.0. The quantitative estimate of drug-likeness (QED) is 0.635. The van der Waals surface area contributed by atoms with Gasteiger partial charge in [-0.05, 0) is 31.9 Å². The van der Waals surface area contributed by atoms with E-state index in [2.05, 4.69) is 15.5 Å². The molecule has 4 nitrogen and oxygen atoms in total. The zero-order valence-corrected chi connectivity index (χ0v) is 11.0. The number of aryl methyl sites for hydroxylation is 1. The molecule has 0 spiro atoms. The summed E-state index contributed by atoms with van der Waals surface area (Å²) in [6.07, 6.45) is 7.65. The normalized spacial score (nSPS) is 15.1. The number of carbonyl (C=O) groups excluding carboxylic acids is 1. The third-order valence-corrected chi connectivity index (χ3v) is 3.73. The standard InChI is InChI=1S/C12H19N3OS/c1-17-8-7-13-12(16)11-9-5-3-2-4-6-10(9)14-15-11/h2-8H2,1H3,(H,13,16)(H,14,15). The zero-order valence-electron chi connectivity index (χ0n) is 10.2. The molecule has 0 aromatic carbocycles. The molecule has 1 aliphatic rings. The number of nitrogens with one attached hydrogen (secondary N) is 2. The van der Waals surface area contributed by atoms with Crippen LogP contribution in [0.3, 0.4) is 0 Å². The van der Waals surface area contributed by atoms with E-state index in [-0.39, 0.29) is 5.91 Å². The predicted octanol–water partition coefficient (Wildman–Crippen LogP) is 1.77. The van der Waals surface area contributed by atoms with Crippen LogP contribution in [0.4, 0.5) is 0 Å². The van der Waals surface area contributed by atoms with Gasteiger partial charge in [-0.25, -0.2) is 0 Å². The molecule has 0 atom stereocenters. The lowest BCUT2D eigenvalue weighted by Crippen LogP contribution is -2.27. The summed E-state index contributed by atoms with van der Waals surface area (Å²) >= 11 is 1.73. The first kappa shape index (κ1) is 12.5. The third-order valence-electron chi connectivity index (χ3n) is 3.11. The van der Waals surface area contributed by atoms with Crippen LogP contribution in [0.1, 0.15) is 41.0 Å². The fourth-order valence-electron chi connectivity index (χ4n) is 2.20. The number of aromatic nitrogens is 2. The van der Waals surface area contributed by atoms with Gasteiger partial charge in [0.15, 0.2) is 5.69 Å². The molecule has 0 saturated heterocycles. The van der Waals surface area contributed by atoms with Gasteiger partial charge in [0, 0.05) is 23.6 Å². The Kier molecular flexibility index (Phi) is 4.48. The molecule has 5 heteroatoms. The number of thioether (sulfide) groups is 1.